The highest BCUT2D eigenvalue weighted by molar-refractivity contribution is 6.01. The molecule has 1 aromatic carbocycles. The van der Waals surface area contributed by atoms with E-state index >= 15 is 0 Å². The van der Waals surface area contributed by atoms with E-state index in [0.717, 1.165) is 5.56 Å². The Kier molecular flexibility index (Phi) is 3.13. The Morgan fingerprint density at radius 2 is 2.06 bits per heavy atom. The standard InChI is InChI=1S/C13H14O4/c1-16-10-4-3-8-5-9(13(15)17-2)6-12(14)11(8)7-10/h3-4,7,9H,5-6H2,1-2H3. The molecule has 0 radical (unpaired) electrons. The van der Waals surface area contributed by atoms with Gasteiger partial charge < -0.3 is 9.47 Å². The van der Waals surface area contributed by atoms with Crippen molar-refractivity contribution >= 4 is 11.8 Å². The first kappa shape index (κ1) is 11.6. The van der Waals surface area contributed by atoms with Gasteiger partial charge in [0.25, 0.3) is 0 Å². The van der Waals surface area contributed by atoms with E-state index < -0.39 is 0 Å². The normalized spacial score (nSPS) is 18.5. The molecule has 4 heteroatoms. The number of carbonyl (C=O) groups excluding carboxylic acids is 2. The average Bonchev–Trinajstić information content (AvgIpc) is 2.37. The third-order valence-electron chi connectivity index (χ3n) is 3.05. The second kappa shape index (κ2) is 4.57. The van der Waals surface area contributed by atoms with Gasteiger partial charge in [0.05, 0.1) is 20.1 Å². The summed E-state index contributed by atoms with van der Waals surface area (Å²) in [5, 5.41) is 0. The number of methoxy groups -OCH3 is 2. The van der Waals surface area contributed by atoms with E-state index in [0.29, 0.717) is 17.7 Å². The minimum atomic E-state index is -0.353. The van der Waals surface area contributed by atoms with Gasteiger partial charge in [0.2, 0.25) is 0 Å². The predicted molar refractivity (Wildman–Crippen MR) is 61.2 cm³/mol. The zero-order chi connectivity index (χ0) is 12.4. The molecule has 90 valence electrons. The first-order valence-electron chi connectivity index (χ1n) is 5.43. The highest BCUT2D eigenvalue weighted by atomic mass is 16.5. The molecule has 1 aliphatic carbocycles. The van der Waals surface area contributed by atoms with Gasteiger partial charge in [-0.1, -0.05) is 6.07 Å². The van der Waals surface area contributed by atoms with Crippen molar-refractivity contribution in [2.45, 2.75) is 12.8 Å². The van der Waals surface area contributed by atoms with Crippen molar-refractivity contribution in [3.8, 4) is 5.75 Å². The Bertz CT molecular complexity index is 464. The Morgan fingerprint density at radius 1 is 1.29 bits per heavy atom. The van der Waals surface area contributed by atoms with Crippen LogP contribution in [0.2, 0.25) is 0 Å². The zero-order valence-corrected chi connectivity index (χ0v) is 9.86. The van der Waals surface area contributed by atoms with Gasteiger partial charge in [-0.25, -0.2) is 0 Å². The van der Waals surface area contributed by atoms with Crippen LogP contribution in [-0.2, 0) is 16.0 Å². The van der Waals surface area contributed by atoms with Crippen LogP contribution in [0.4, 0.5) is 0 Å². The number of ether oxygens (including phenoxy) is 2. The number of fused-ring (bicyclic) bond motifs is 1. The van der Waals surface area contributed by atoms with E-state index in [4.69, 9.17) is 4.74 Å². The maximum absolute atomic E-state index is 11.9. The van der Waals surface area contributed by atoms with E-state index in [9.17, 15) is 9.59 Å². The molecule has 0 aromatic heterocycles. The van der Waals surface area contributed by atoms with Crippen LogP contribution >= 0.6 is 0 Å². The lowest BCUT2D eigenvalue weighted by atomic mass is 9.83. The number of esters is 1. The SMILES string of the molecule is COC(=O)C1CC(=O)c2cc(OC)ccc2C1. The van der Waals surface area contributed by atoms with Gasteiger partial charge in [-0.2, -0.15) is 0 Å². The maximum Gasteiger partial charge on any atom is 0.309 e. The first-order chi connectivity index (χ1) is 8.15. The molecule has 0 heterocycles. The molecule has 2 rings (SSSR count). The van der Waals surface area contributed by atoms with Crippen LogP contribution in [0, 0.1) is 5.92 Å². The van der Waals surface area contributed by atoms with Gasteiger partial charge in [-0.05, 0) is 24.1 Å². The van der Waals surface area contributed by atoms with Crippen molar-refractivity contribution in [1.29, 1.82) is 0 Å². The monoisotopic (exact) mass is 234 g/mol. The molecule has 0 aliphatic heterocycles. The van der Waals surface area contributed by atoms with Crippen LogP contribution in [0.3, 0.4) is 0 Å². The van der Waals surface area contributed by atoms with Crippen molar-refractivity contribution in [3.05, 3.63) is 29.3 Å². The van der Waals surface area contributed by atoms with Gasteiger partial charge in [0.15, 0.2) is 5.78 Å². The smallest absolute Gasteiger partial charge is 0.309 e. The highest BCUT2D eigenvalue weighted by Gasteiger charge is 2.30. The minimum absolute atomic E-state index is 0.0273. The van der Waals surface area contributed by atoms with Crippen molar-refractivity contribution in [2.75, 3.05) is 14.2 Å². The zero-order valence-electron chi connectivity index (χ0n) is 9.86. The molecule has 0 N–H and O–H groups in total. The number of benzene rings is 1. The van der Waals surface area contributed by atoms with Crippen molar-refractivity contribution in [2.24, 2.45) is 5.92 Å². The average molecular weight is 234 g/mol. The van der Waals surface area contributed by atoms with Crippen molar-refractivity contribution in [1.82, 2.24) is 0 Å². The quantitative estimate of drug-likeness (QED) is 0.729. The molecule has 17 heavy (non-hydrogen) atoms. The second-order valence-corrected chi connectivity index (χ2v) is 4.07. The van der Waals surface area contributed by atoms with Crippen molar-refractivity contribution in [3.63, 3.8) is 0 Å². The minimum Gasteiger partial charge on any atom is -0.497 e. The summed E-state index contributed by atoms with van der Waals surface area (Å²) in [6.07, 6.45) is 0.768. The Hall–Kier alpha value is -1.84. The summed E-state index contributed by atoms with van der Waals surface area (Å²) in [5.74, 6) is -0.0395. The van der Waals surface area contributed by atoms with Crippen LogP contribution < -0.4 is 4.74 Å². The molecular weight excluding hydrogens is 220 g/mol. The van der Waals surface area contributed by atoms with Gasteiger partial charge in [-0.15, -0.1) is 0 Å². The summed E-state index contributed by atoms with van der Waals surface area (Å²) in [6, 6.07) is 5.36. The number of hydrogen-bond acceptors (Lipinski definition) is 4. The lowest BCUT2D eigenvalue weighted by Crippen LogP contribution is -2.27. The molecule has 0 spiro atoms. The van der Waals surface area contributed by atoms with E-state index in [2.05, 4.69) is 4.74 Å². The summed E-state index contributed by atoms with van der Waals surface area (Å²) in [5.41, 5.74) is 1.54. The molecule has 0 bridgehead atoms. The number of hydrogen-bond donors (Lipinski definition) is 0. The van der Waals surface area contributed by atoms with E-state index in [1.165, 1.54) is 7.11 Å². The summed E-state index contributed by atoms with van der Waals surface area (Å²) >= 11 is 0. The number of ketones is 1. The summed E-state index contributed by atoms with van der Waals surface area (Å²) in [7, 11) is 2.91. The van der Waals surface area contributed by atoms with Gasteiger partial charge in [0.1, 0.15) is 5.75 Å². The van der Waals surface area contributed by atoms with Crippen LogP contribution in [0.1, 0.15) is 22.3 Å². The fourth-order valence-corrected chi connectivity index (χ4v) is 2.12. The predicted octanol–water partition coefficient (Wildman–Crippen LogP) is 1.61. The molecule has 0 fully saturated rings. The van der Waals surface area contributed by atoms with E-state index in [1.54, 1.807) is 19.2 Å². The van der Waals surface area contributed by atoms with Gasteiger partial charge in [0, 0.05) is 12.0 Å². The molecular formula is C13H14O4. The van der Waals surface area contributed by atoms with Crippen molar-refractivity contribution < 1.29 is 19.1 Å². The van der Waals surface area contributed by atoms with Crippen LogP contribution in [0.5, 0.6) is 5.75 Å². The van der Waals surface area contributed by atoms with Crippen LogP contribution in [0.25, 0.3) is 0 Å². The molecule has 0 amide bonds. The second-order valence-electron chi connectivity index (χ2n) is 4.07. The van der Waals surface area contributed by atoms with Crippen LogP contribution in [-0.4, -0.2) is 26.0 Å². The van der Waals surface area contributed by atoms with Gasteiger partial charge in [-0.3, -0.25) is 9.59 Å². The fraction of sp³-hybridized carbons (Fsp3) is 0.385. The molecule has 0 saturated heterocycles. The maximum atomic E-state index is 11.9. The fourth-order valence-electron chi connectivity index (χ4n) is 2.12. The number of Topliss-reactive ketones (excluding diaryl/α,β-unsaturated/α-hetero) is 1. The Balaban J connectivity index is 2.32. The van der Waals surface area contributed by atoms with Crippen LogP contribution in [0.15, 0.2) is 18.2 Å². The van der Waals surface area contributed by atoms with Gasteiger partial charge >= 0.3 is 5.97 Å². The van der Waals surface area contributed by atoms with E-state index in [1.807, 2.05) is 6.07 Å². The molecule has 1 aliphatic rings. The topological polar surface area (TPSA) is 52.6 Å². The third-order valence-corrected chi connectivity index (χ3v) is 3.05. The molecule has 1 atom stereocenters. The number of rotatable bonds is 2. The summed E-state index contributed by atoms with van der Waals surface area (Å²) < 4.78 is 9.76. The largest absolute Gasteiger partial charge is 0.497 e. The molecule has 1 aromatic rings. The lowest BCUT2D eigenvalue weighted by molar-refractivity contribution is -0.145. The highest BCUT2D eigenvalue weighted by Crippen LogP contribution is 2.29. The molecule has 0 saturated carbocycles. The Labute approximate surface area is 99.5 Å². The summed E-state index contributed by atoms with van der Waals surface area (Å²) in [6.45, 7) is 0. The third kappa shape index (κ3) is 2.16. The summed E-state index contributed by atoms with van der Waals surface area (Å²) in [4.78, 5) is 23.4. The van der Waals surface area contributed by atoms with E-state index in [-0.39, 0.29) is 24.1 Å². The molecule has 4 nitrogen and oxygen atoms in total. The lowest BCUT2D eigenvalue weighted by Gasteiger charge is -2.21. The Morgan fingerprint density at radius 3 is 2.71 bits per heavy atom. The molecule has 1 unspecified atom stereocenters. The first-order valence-corrected chi connectivity index (χ1v) is 5.43. The number of carbonyl (C=O) groups is 2.